The minimum atomic E-state index is -0.528. The third-order valence-electron chi connectivity index (χ3n) is 1.79. The summed E-state index contributed by atoms with van der Waals surface area (Å²) in [6, 6.07) is 1.36. The topological polar surface area (TPSA) is 88.2 Å². The molecule has 0 aromatic carbocycles. The van der Waals surface area contributed by atoms with Gasteiger partial charge in [0.15, 0.2) is 0 Å². The van der Waals surface area contributed by atoms with E-state index in [4.69, 9.17) is 11.6 Å². The first-order chi connectivity index (χ1) is 8.04. The fraction of sp³-hybridized carbons (Fsp3) is 0.200. The number of amides is 2. The fourth-order valence-corrected chi connectivity index (χ4v) is 1.24. The lowest BCUT2D eigenvalue weighted by atomic mass is 10.2. The molecule has 1 rings (SSSR count). The molecule has 0 spiro atoms. The van der Waals surface area contributed by atoms with Gasteiger partial charge in [-0.2, -0.15) is 0 Å². The Bertz CT molecular complexity index is 462. The Balaban J connectivity index is 2.93. The zero-order chi connectivity index (χ0) is 12.8. The maximum atomic E-state index is 11.7. The van der Waals surface area contributed by atoms with E-state index in [0.29, 0.717) is 6.41 Å². The summed E-state index contributed by atoms with van der Waals surface area (Å²) < 4.78 is 0. The van der Waals surface area contributed by atoms with Crippen LogP contribution in [0.15, 0.2) is 12.3 Å². The van der Waals surface area contributed by atoms with Gasteiger partial charge in [0.1, 0.15) is 11.6 Å². The maximum absolute atomic E-state index is 11.7. The number of ketones is 1. The van der Waals surface area contributed by atoms with Gasteiger partial charge in [-0.1, -0.05) is 11.6 Å². The van der Waals surface area contributed by atoms with E-state index in [1.807, 2.05) is 0 Å². The average Bonchev–Trinajstić information content (AvgIpc) is 2.28. The highest BCUT2D eigenvalue weighted by atomic mass is 35.5. The van der Waals surface area contributed by atoms with Crippen molar-refractivity contribution >= 4 is 35.5 Å². The van der Waals surface area contributed by atoms with Gasteiger partial charge in [0.25, 0.3) is 5.91 Å². The van der Waals surface area contributed by atoms with Gasteiger partial charge in [-0.25, -0.2) is 4.98 Å². The van der Waals surface area contributed by atoms with Crippen LogP contribution in [0.3, 0.4) is 0 Å². The highest BCUT2D eigenvalue weighted by Crippen LogP contribution is 2.16. The minimum Gasteiger partial charge on any atom is -0.345 e. The van der Waals surface area contributed by atoms with E-state index >= 15 is 0 Å². The van der Waals surface area contributed by atoms with Gasteiger partial charge in [-0.15, -0.1) is 0 Å². The van der Waals surface area contributed by atoms with Gasteiger partial charge in [0.2, 0.25) is 6.41 Å². The van der Waals surface area contributed by atoms with Gasteiger partial charge < -0.3 is 10.6 Å². The van der Waals surface area contributed by atoms with Crippen molar-refractivity contribution in [2.45, 2.75) is 6.92 Å². The number of rotatable bonds is 5. The normalized spacial score (nSPS) is 9.53. The number of Topliss-reactive ketones (excluding diaryl/α,β-unsaturated/α-hetero) is 1. The van der Waals surface area contributed by atoms with Crippen molar-refractivity contribution in [3.63, 3.8) is 0 Å². The molecule has 0 saturated heterocycles. The van der Waals surface area contributed by atoms with Crippen molar-refractivity contribution in [3.8, 4) is 0 Å². The van der Waals surface area contributed by atoms with Crippen LogP contribution in [0.4, 0.5) is 5.82 Å². The maximum Gasteiger partial charge on any atom is 0.255 e. The summed E-state index contributed by atoms with van der Waals surface area (Å²) >= 11 is 5.70. The molecule has 0 aliphatic heterocycles. The third kappa shape index (κ3) is 3.84. The Morgan fingerprint density at radius 2 is 2.24 bits per heavy atom. The smallest absolute Gasteiger partial charge is 0.255 e. The Morgan fingerprint density at radius 3 is 2.82 bits per heavy atom. The summed E-state index contributed by atoms with van der Waals surface area (Å²) in [5.74, 6) is -0.622. The highest BCUT2D eigenvalue weighted by molar-refractivity contribution is 6.31. The van der Waals surface area contributed by atoms with E-state index in [0.717, 1.165) is 0 Å². The molecule has 2 N–H and O–H groups in total. The van der Waals surface area contributed by atoms with Crippen LogP contribution in [0.25, 0.3) is 0 Å². The summed E-state index contributed by atoms with van der Waals surface area (Å²) in [7, 11) is 0. The van der Waals surface area contributed by atoms with E-state index in [1.54, 1.807) is 0 Å². The summed E-state index contributed by atoms with van der Waals surface area (Å²) in [6.07, 6.45) is 1.70. The lowest BCUT2D eigenvalue weighted by Crippen LogP contribution is -2.29. The van der Waals surface area contributed by atoms with E-state index in [9.17, 15) is 14.4 Å². The van der Waals surface area contributed by atoms with Crippen LogP contribution in [0.1, 0.15) is 17.3 Å². The van der Waals surface area contributed by atoms with E-state index in [1.165, 1.54) is 19.2 Å². The number of aromatic nitrogens is 1. The molecule has 2 amide bonds. The van der Waals surface area contributed by atoms with Crippen LogP contribution in [0.5, 0.6) is 0 Å². The molecule has 1 aromatic heterocycles. The van der Waals surface area contributed by atoms with Crippen LogP contribution in [-0.4, -0.2) is 29.6 Å². The third-order valence-corrected chi connectivity index (χ3v) is 2.00. The Labute approximate surface area is 102 Å². The molecular weight excluding hydrogens is 246 g/mol. The minimum absolute atomic E-state index is 0.0884. The number of nitrogens with one attached hydrogen (secondary N) is 2. The SMILES string of the molecule is CC(=O)CNC(=O)c1cc(Cl)cnc1NC=O. The number of carbonyl (C=O) groups is 3. The fourth-order valence-electron chi connectivity index (χ4n) is 1.08. The van der Waals surface area contributed by atoms with Gasteiger partial charge in [0.05, 0.1) is 17.1 Å². The number of carbonyl (C=O) groups excluding carboxylic acids is 3. The molecule has 0 saturated carbocycles. The van der Waals surface area contributed by atoms with E-state index in [-0.39, 0.29) is 28.7 Å². The van der Waals surface area contributed by atoms with Crippen LogP contribution < -0.4 is 10.6 Å². The van der Waals surface area contributed by atoms with Gasteiger partial charge in [-0.3, -0.25) is 14.4 Å². The second-order valence-electron chi connectivity index (χ2n) is 3.20. The van der Waals surface area contributed by atoms with E-state index < -0.39 is 5.91 Å². The van der Waals surface area contributed by atoms with Crippen molar-refractivity contribution < 1.29 is 14.4 Å². The lowest BCUT2D eigenvalue weighted by Gasteiger charge is -2.07. The first-order valence-corrected chi connectivity index (χ1v) is 5.05. The quantitative estimate of drug-likeness (QED) is 0.755. The molecule has 90 valence electrons. The number of hydrogen-bond donors (Lipinski definition) is 2. The van der Waals surface area contributed by atoms with Crippen LogP contribution in [0.2, 0.25) is 5.02 Å². The molecule has 0 bridgehead atoms. The molecule has 0 aliphatic rings. The van der Waals surface area contributed by atoms with Crippen LogP contribution >= 0.6 is 11.6 Å². The van der Waals surface area contributed by atoms with Gasteiger partial charge in [-0.05, 0) is 13.0 Å². The summed E-state index contributed by atoms with van der Waals surface area (Å²) in [5, 5.41) is 4.92. The largest absolute Gasteiger partial charge is 0.345 e. The number of anilines is 1. The highest BCUT2D eigenvalue weighted by Gasteiger charge is 2.13. The number of nitrogens with zero attached hydrogens (tertiary/aromatic N) is 1. The monoisotopic (exact) mass is 255 g/mol. The van der Waals surface area contributed by atoms with Crippen molar-refractivity contribution in [3.05, 3.63) is 22.8 Å². The van der Waals surface area contributed by atoms with Crippen molar-refractivity contribution in [2.75, 3.05) is 11.9 Å². The van der Waals surface area contributed by atoms with Crippen molar-refractivity contribution in [1.29, 1.82) is 0 Å². The Kier molecular flexibility index (Phi) is 4.59. The molecule has 7 heteroatoms. The molecule has 0 atom stereocenters. The van der Waals surface area contributed by atoms with Crippen LogP contribution in [0, 0.1) is 0 Å². The lowest BCUT2D eigenvalue weighted by molar-refractivity contribution is -0.116. The first kappa shape index (κ1) is 13.1. The number of halogens is 1. The van der Waals surface area contributed by atoms with Gasteiger partial charge >= 0.3 is 0 Å². The number of hydrogen-bond acceptors (Lipinski definition) is 4. The molecule has 1 aromatic rings. The molecule has 6 nitrogen and oxygen atoms in total. The molecule has 0 radical (unpaired) electrons. The molecule has 0 aliphatic carbocycles. The summed E-state index contributed by atoms with van der Waals surface area (Å²) in [6.45, 7) is 1.26. The zero-order valence-electron chi connectivity index (χ0n) is 8.99. The predicted molar refractivity (Wildman–Crippen MR) is 61.9 cm³/mol. The summed E-state index contributed by atoms with van der Waals surface area (Å²) in [4.78, 5) is 36.5. The average molecular weight is 256 g/mol. The molecular formula is C10H10ClN3O3. The van der Waals surface area contributed by atoms with Gasteiger partial charge in [0, 0.05) is 6.20 Å². The van der Waals surface area contributed by atoms with Crippen molar-refractivity contribution in [2.24, 2.45) is 0 Å². The zero-order valence-corrected chi connectivity index (χ0v) is 9.75. The number of pyridine rings is 1. The molecule has 17 heavy (non-hydrogen) atoms. The molecule has 0 unspecified atom stereocenters. The standard InChI is InChI=1S/C10H10ClN3O3/c1-6(16)3-13-10(17)8-2-7(11)4-12-9(8)14-5-15/h2,4-5H,3H2,1H3,(H,13,17)(H,12,14,15). The second-order valence-corrected chi connectivity index (χ2v) is 3.63. The molecule has 0 fully saturated rings. The Hall–Kier alpha value is -1.95. The van der Waals surface area contributed by atoms with Crippen LogP contribution in [-0.2, 0) is 9.59 Å². The Morgan fingerprint density at radius 1 is 1.53 bits per heavy atom. The van der Waals surface area contributed by atoms with Crippen molar-refractivity contribution in [1.82, 2.24) is 10.3 Å². The molecule has 1 heterocycles. The second kappa shape index (κ2) is 5.95. The van der Waals surface area contributed by atoms with E-state index in [2.05, 4.69) is 15.6 Å². The predicted octanol–water partition coefficient (Wildman–Crippen LogP) is 0.622. The first-order valence-electron chi connectivity index (χ1n) is 4.68. The summed E-state index contributed by atoms with van der Waals surface area (Å²) in [5.41, 5.74) is 0.103.